The van der Waals surface area contributed by atoms with E-state index in [-0.39, 0.29) is 0 Å². The fourth-order valence-corrected chi connectivity index (χ4v) is 3.44. The summed E-state index contributed by atoms with van der Waals surface area (Å²) in [5, 5.41) is 10.8. The van der Waals surface area contributed by atoms with Crippen LogP contribution in [0.1, 0.15) is 5.56 Å². The lowest BCUT2D eigenvalue weighted by molar-refractivity contribution is 1.05. The van der Waals surface area contributed by atoms with Gasteiger partial charge in [0.05, 0.1) is 28.0 Å². The number of pyridine rings is 1. The Morgan fingerprint density at radius 2 is 1.79 bits per heavy atom. The molecule has 4 aromatic rings. The van der Waals surface area contributed by atoms with E-state index in [9.17, 15) is 0 Å². The molecule has 7 heteroatoms. The Labute approximate surface area is 177 Å². The standard InChI is InChI=1S/C21H14Cl2N4S/c22-16-9-8-15(17(23)11-16)12-24-27-21(28)26-19-7-3-5-14-10-13-4-1-2-6-18(13)25-20(14)19/h1-12H,(H2,26,27,28)/b24-12+. The number of halogens is 2. The lowest BCUT2D eigenvalue weighted by atomic mass is 10.1. The number of anilines is 1. The maximum absolute atomic E-state index is 6.13. The highest BCUT2D eigenvalue weighted by molar-refractivity contribution is 7.80. The van der Waals surface area contributed by atoms with Crippen LogP contribution in [0.15, 0.2) is 71.8 Å². The van der Waals surface area contributed by atoms with Crippen LogP contribution in [0.3, 0.4) is 0 Å². The van der Waals surface area contributed by atoms with Gasteiger partial charge in [-0.25, -0.2) is 4.98 Å². The van der Waals surface area contributed by atoms with Gasteiger partial charge < -0.3 is 5.32 Å². The van der Waals surface area contributed by atoms with Gasteiger partial charge in [0, 0.05) is 21.4 Å². The van der Waals surface area contributed by atoms with Crippen molar-refractivity contribution < 1.29 is 0 Å². The molecule has 138 valence electrons. The molecule has 3 aromatic carbocycles. The first-order chi connectivity index (χ1) is 13.6. The number of hydrogen-bond acceptors (Lipinski definition) is 3. The third kappa shape index (κ3) is 4.07. The number of aromatic nitrogens is 1. The average Bonchev–Trinajstić information content (AvgIpc) is 2.68. The summed E-state index contributed by atoms with van der Waals surface area (Å²) in [7, 11) is 0. The van der Waals surface area contributed by atoms with Crippen LogP contribution < -0.4 is 10.7 Å². The molecule has 0 saturated carbocycles. The minimum absolute atomic E-state index is 0.351. The first-order valence-electron chi connectivity index (χ1n) is 8.44. The molecule has 1 aromatic heterocycles. The summed E-state index contributed by atoms with van der Waals surface area (Å²) in [6.07, 6.45) is 1.58. The first kappa shape index (κ1) is 18.6. The Balaban J connectivity index is 1.53. The van der Waals surface area contributed by atoms with Crippen LogP contribution in [0.25, 0.3) is 21.8 Å². The van der Waals surface area contributed by atoms with Crippen LogP contribution >= 0.6 is 35.4 Å². The predicted octanol–water partition coefficient (Wildman–Crippen LogP) is 6.02. The second-order valence-electron chi connectivity index (χ2n) is 6.05. The number of rotatable bonds is 3. The van der Waals surface area contributed by atoms with Gasteiger partial charge in [0.15, 0.2) is 5.11 Å². The third-order valence-electron chi connectivity index (χ3n) is 4.13. The van der Waals surface area contributed by atoms with Crippen LogP contribution in [0.5, 0.6) is 0 Å². The van der Waals surface area contributed by atoms with Crippen molar-refractivity contribution in [3.05, 3.63) is 82.3 Å². The lowest BCUT2D eigenvalue weighted by Gasteiger charge is -2.10. The zero-order chi connectivity index (χ0) is 19.5. The van der Waals surface area contributed by atoms with Crippen LogP contribution in [-0.2, 0) is 0 Å². The van der Waals surface area contributed by atoms with E-state index in [4.69, 9.17) is 40.4 Å². The van der Waals surface area contributed by atoms with E-state index < -0.39 is 0 Å². The third-order valence-corrected chi connectivity index (χ3v) is 4.88. The molecular weight excluding hydrogens is 411 g/mol. The van der Waals surface area contributed by atoms with Crippen molar-refractivity contribution in [2.45, 2.75) is 0 Å². The van der Waals surface area contributed by atoms with E-state index >= 15 is 0 Å². The summed E-state index contributed by atoms with van der Waals surface area (Å²) in [5.74, 6) is 0. The van der Waals surface area contributed by atoms with Crippen LogP contribution in [0.4, 0.5) is 5.69 Å². The summed E-state index contributed by atoms with van der Waals surface area (Å²) in [5.41, 5.74) is 6.11. The summed E-state index contributed by atoms with van der Waals surface area (Å²) >= 11 is 17.4. The number of para-hydroxylation sites is 2. The highest BCUT2D eigenvalue weighted by atomic mass is 35.5. The molecule has 0 aliphatic carbocycles. The Bertz CT molecular complexity index is 1220. The van der Waals surface area contributed by atoms with E-state index in [1.165, 1.54) is 0 Å². The van der Waals surface area contributed by atoms with Gasteiger partial charge in [-0.1, -0.05) is 59.6 Å². The van der Waals surface area contributed by atoms with Crippen molar-refractivity contribution >= 4 is 74.2 Å². The van der Waals surface area contributed by atoms with Crippen LogP contribution in [0.2, 0.25) is 10.0 Å². The van der Waals surface area contributed by atoms with E-state index in [1.807, 2.05) is 42.5 Å². The molecule has 0 aliphatic rings. The molecule has 4 nitrogen and oxygen atoms in total. The molecule has 0 atom stereocenters. The lowest BCUT2D eigenvalue weighted by Crippen LogP contribution is -2.24. The van der Waals surface area contributed by atoms with Crippen LogP contribution in [-0.4, -0.2) is 16.3 Å². The summed E-state index contributed by atoms with van der Waals surface area (Å²) in [4.78, 5) is 4.76. The molecule has 0 aliphatic heterocycles. The molecule has 0 bridgehead atoms. The molecule has 0 saturated heterocycles. The normalized spacial score (nSPS) is 11.2. The molecule has 0 unspecified atom stereocenters. The summed E-state index contributed by atoms with van der Waals surface area (Å²) < 4.78 is 0. The minimum atomic E-state index is 0.351. The maximum Gasteiger partial charge on any atom is 0.191 e. The molecule has 2 N–H and O–H groups in total. The fraction of sp³-hybridized carbons (Fsp3) is 0. The zero-order valence-corrected chi connectivity index (χ0v) is 16.8. The van der Waals surface area contributed by atoms with Crippen molar-refractivity contribution in [1.82, 2.24) is 10.4 Å². The first-order valence-corrected chi connectivity index (χ1v) is 9.60. The Kier molecular flexibility index (Phi) is 5.39. The van der Waals surface area contributed by atoms with E-state index in [1.54, 1.807) is 24.4 Å². The molecular formula is C21H14Cl2N4S. The number of fused-ring (bicyclic) bond motifs is 2. The van der Waals surface area contributed by atoms with E-state index in [0.29, 0.717) is 15.2 Å². The van der Waals surface area contributed by atoms with E-state index in [2.05, 4.69) is 21.9 Å². The van der Waals surface area contributed by atoms with Gasteiger partial charge >= 0.3 is 0 Å². The van der Waals surface area contributed by atoms with Gasteiger partial charge in [0.1, 0.15) is 0 Å². The SMILES string of the molecule is S=C(N/N=C/c1ccc(Cl)cc1Cl)Nc1cccc2cc3ccccc3nc12. The topological polar surface area (TPSA) is 49.3 Å². The molecule has 1 heterocycles. The van der Waals surface area contributed by atoms with Crippen molar-refractivity contribution in [1.29, 1.82) is 0 Å². The minimum Gasteiger partial charge on any atom is -0.330 e. The van der Waals surface area contributed by atoms with Gasteiger partial charge in [-0.2, -0.15) is 5.10 Å². The molecule has 0 radical (unpaired) electrons. The van der Waals surface area contributed by atoms with Crippen molar-refractivity contribution in [2.75, 3.05) is 5.32 Å². The predicted molar refractivity (Wildman–Crippen MR) is 123 cm³/mol. The largest absolute Gasteiger partial charge is 0.330 e. The number of benzene rings is 3. The van der Waals surface area contributed by atoms with Gasteiger partial charge in [-0.15, -0.1) is 0 Å². The monoisotopic (exact) mass is 424 g/mol. The highest BCUT2D eigenvalue weighted by Crippen LogP contribution is 2.25. The molecule has 0 spiro atoms. The van der Waals surface area contributed by atoms with Crippen LogP contribution in [0, 0.1) is 0 Å². The summed E-state index contributed by atoms with van der Waals surface area (Å²) in [6, 6.07) is 21.2. The van der Waals surface area contributed by atoms with E-state index in [0.717, 1.165) is 33.1 Å². The van der Waals surface area contributed by atoms with Crippen molar-refractivity contribution in [3.63, 3.8) is 0 Å². The maximum atomic E-state index is 6.13. The molecule has 28 heavy (non-hydrogen) atoms. The smallest absolute Gasteiger partial charge is 0.191 e. The number of hydrogen-bond donors (Lipinski definition) is 2. The number of nitrogens with zero attached hydrogens (tertiary/aromatic N) is 2. The second kappa shape index (κ2) is 8.10. The fourth-order valence-electron chi connectivity index (χ4n) is 2.82. The number of thiocarbonyl (C=S) groups is 1. The average molecular weight is 425 g/mol. The Morgan fingerprint density at radius 1 is 0.964 bits per heavy atom. The second-order valence-corrected chi connectivity index (χ2v) is 7.30. The molecule has 4 rings (SSSR count). The van der Waals surface area contributed by atoms with Gasteiger partial charge in [0.2, 0.25) is 0 Å². The number of nitrogens with one attached hydrogen (secondary N) is 2. The number of hydrazone groups is 1. The summed E-state index contributed by atoms with van der Waals surface area (Å²) in [6.45, 7) is 0. The quantitative estimate of drug-likeness (QED) is 0.183. The molecule has 0 fully saturated rings. The zero-order valence-electron chi connectivity index (χ0n) is 14.5. The van der Waals surface area contributed by atoms with Gasteiger partial charge in [0.25, 0.3) is 0 Å². The molecule has 0 amide bonds. The Hall–Kier alpha value is -2.73. The highest BCUT2D eigenvalue weighted by Gasteiger charge is 2.06. The Morgan fingerprint density at radius 3 is 2.64 bits per heavy atom. The van der Waals surface area contributed by atoms with Gasteiger partial charge in [-0.05, 0) is 42.5 Å². The van der Waals surface area contributed by atoms with Gasteiger partial charge in [-0.3, -0.25) is 5.43 Å². The van der Waals surface area contributed by atoms with Crippen molar-refractivity contribution in [2.24, 2.45) is 5.10 Å². The van der Waals surface area contributed by atoms with Crippen molar-refractivity contribution in [3.8, 4) is 0 Å².